The summed E-state index contributed by atoms with van der Waals surface area (Å²) in [5.74, 6) is -3.80. The van der Waals surface area contributed by atoms with Crippen molar-refractivity contribution in [2.45, 2.75) is 18.9 Å². The summed E-state index contributed by atoms with van der Waals surface area (Å²) < 4.78 is 44.0. The average molecular weight is 351 g/mol. The van der Waals surface area contributed by atoms with Crippen LogP contribution < -0.4 is 5.32 Å². The van der Waals surface area contributed by atoms with Crippen LogP contribution in [0.3, 0.4) is 0 Å². The van der Waals surface area contributed by atoms with Gasteiger partial charge >= 0.3 is 5.97 Å². The molecular weight excluding hydrogens is 335 g/mol. The minimum Gasteiger partial charge on any atom is -0.467 e. The van der Waals surface area contributed by atoms with Gasteiger partial charge in [0.25, 0.3) is 0 Å². The number of esters is 1. The maximum absolute atomic E-state index is 13.3. The first-order valence-corrected chi connectivity index (χ1v) is 7.44. The average Bonchev–Trinajstić information content (AvgIpc) is 2.57. The van der Waals surface area contributed by atoms with E-state index in [0.29, 0.717) is 5.56 Å². The van der Waals surface area contributed by atoms with Gasteiger partial charge in [-0.15, -0.1) is 0 Å². The first-order chi connectivity index (χ1) is 11.9. The van der Waals surface area contributed by atoms with Crippen LogP contribution in [-0.2, 0) is 27.2 Å². The van der Waals surface area contributed by atoms with E-state index in [1.165, 1.54) is 31.4 Å². The molecule has 2 aromatic carbocycles. The molecule has 0 radical (unpaired) electrons. The maximum atomic E-state index is 13.3. The standard InChI is InChI=1S/C18H16F3NO3/c1-25-18(24)16(9-11-3-2-4-13(19)7-11)22-17(23)10-12-5-6-14(20)15(21)8-12/h2-8,16H,9-10H2,1H3,(H,22,23)/t16-/m1/s1. The van der Waals surface area contributed by atoms with Crippen LogP contribution in [0.5, 0.6) is 0 Å². The summed E-state index contributed by atoms with van der Waals surface area (Å²) in [6, 6.07) is 7.69. The van der Waals surface area contributed by atoms with E-state index in [2.05, 4.69) is 10.1 Å². The Balaban J connectivity index is 2.06. The second kappa shape index (κ2) is 8.32. The summed E-state index contributed by atoms with van der Waals surface area (Å²) in [5, 5.41) is 2.47. The van der Waals surface area contributed by atoms with Crippen molar-refractivity contribution < 1.29 is 27.5 Å². The molecule has 2 rings (SSSR count). The highest BCUT2D eigenvalue weighted by molar-refractivity contribution is 5.85. The molecule has 0 aliphatic carbocycles. The Labute approximate surface area is 142 Å². The van der Waals surface area contributed by atoms with Gasteiger partial charge in [0.1, 0.15) is 11.9 Å². The predicted octanol–water partition coefficient (Wildman–Crippen LogP) is 2.55. The molecule has 1 amide bonds. The number of methoxy groups -OCH3 is 1. The first-order valence-electron chi connectivity index (χ1n) is 7.44. The molecule has 25 heavy (non-hydrogen) atoms. The Morgan fingerprint density at radius 2 is 1.80 bits per heavy atom. The van der Waals surface area contributed by atoms with Gasteiger partial charge in [-0.1, -0.05) is 18.2 Å². The van der Waals surface area contributed by atoms with Crippen LogP contribution in [-0.4, -0.2) is 25.0 Å². The van der Waals surface area contributed by atoms with Gasteiger partial charge in [-0.2, -0.15) is 0 Å². The number of benzene rings is 2. The van der Waals surface area contributed by atoms with E-state index in [1.807, 2.05) is 0 Å². The Morgan fingerprint density at radius 1 is 1.04 bits per heavy atom. The van der Waals surface area contributed by atoms with Crippen molar-refractivity contribution >= 4 is 11.9 Å². The molecule has 4 nitrogen and oxygen atoms in total. The minimum atomic E-state index is -1.06. The van der Waals surface area contributed by atoms with Crippen LogP contribution >= 0.6 is 0 Å². The molecule has 0 saturated carbocycles. The number of rotatable bonds is 6. The molecule has 0 aliphatic heterocycles. The van der Waals surface area contributed by atoms with Gasteiger partial charge in [0.05, 0.1) is 13.5 Å². The van der Waals surface area contributed by atoms with E-state index >= 15 is 0 Å². The van der Waals surface area contributed by atoms with E-state index in [4.69, 9.17) is 0 Å². The van der Waals surface area contributed by atoms with Crippen molar-refractivity contribution in [1.29, 1.82) is 0 Å². The van der Waals surface area contributed by atoms with Crippen LogP contribution in [0, 0.1) is 17.5 Å². The molecule has 0 aliphatic rings. The van der Waals surface area contributed by atoms with Crippen LogP contribution in [0.15, 0.2) is 42.5 Å². The van der Waals surface area contributed by atoms with Crippen LogP contribution in [0.25, 0.3) is 0 Å². The number of ether oxygens (including phenoxy) is 1. The lowest BCUT2D eigenvalue weighted by Gasteiger charge is -2.17. The monoisotopic (exact) mass is 351 g/mol. The number of carbonyl (C=O) groups excluding carboxylic acids is 2. The highest BCUT2D eigenvalue weighted by Crippen LogP contribution is 2.11. The largest absolute Gasteiger partial charge is 0.467 e. The lowest BCUT2D eigenvalue weighted by atomic mass is 10.0. The van der Waals surface area contributed by atoms with Gasteiger partial charge in [-0.3, -0.25) is 4.79 Å². The number of hydrogen-bond donors (Lipinski definition) is 1. The highest BCUT2D eigenvalue weighted by atomic mass is 19.2. The molecule has 1 N–H and O–H groups in total. The molecule has 2 aromatic rings. The first kappa shape index (κ1) is 18.5. The van der Waals surface area contributed by atoms with Crippen molar-refractivity contribution in [3.05, 3.63) is 71.0 Å². The molecule has 0 spiro atoms. The van der Waals surface area contributed by atoms with E-state index in [-0.39, 0.29) is 18.4 Å². The highest BCUT2D eigenvalue weighted by Gasteiger charge is 2.22. The molecule has 0 heterocycles. The van der Waals surface area contributed by atoms with E-state index < -0.39 is 35.4 Å². The van der Waals surface area contributed by atoms with Gasteiger partial charge in [0, 0.05) is 6.42 Å². The summed E-state index contributed by atoms with van der Waals surface area (Å²) in [4.78, 5) is 23.9. The molecule has 0 saturated heterocycles. The predicted molar refractivity (Wildman–Crippen MR) is 84.1 cm³/mol. The summed E-state index contributed by atoms with van der Waals surface area (Å²) in [7, 11) is 1.17. The third-order valence-electron chi connectivity index (χ3n) is 3.50. The zero-order valence-electron chi connectivity index (χ0n) is 13.4. The van der Waals surface area contributed by atoms with Crippen molar-refractivity contribution in [1.82, 2.24) is 5.32 Å². The smallest absolute Gasteiger partial charge is 0.328 e. The van der Waals surface area contributed by atoms with E-state index in [9.17, 15) is 22.8 Å². The third kappa shape index (κ3) is 5.34. The molecule has 0 unspecified atom stereocenters. The van der Waals surface area contributed by atoms with Crippen LogP contribution in [0.1, 0.15) is 11.1 Å². The molecule has 0 aromatic heterocycles. The number of carbonyl (C=O) groups is 2. The van der Waals surface area contributed by atoms with Gasteiger partial charge in [-0.25, -0.2) is 18.0 Å². The van der Waals surface area contributed by atoms with Crippen molar-refractivity contribution in [2.75, 3.05) is 7.11 Å². The molecule has 0 fully saturated rings. The Kier molecular flexibility index (Phi) is 6.16. The lowest BCUT2D eigenvalue weighted by molar-refractivity contribution is -0.145. The minimum absolute atomic E-state index is 0.0357. The van der Waals surface area contributed by atoms with Crippen molar-refractivity contribution in [3.63, 3.8) is 0 Å². The van der Waals surface area contributed by atoms with Crippen LogP contribution in [0.2, 0.25) is 0 Å². The molecule has 1 atom stereocenters. The summed E-state index contributed by atoms with van der Waals surface area (Å²) in [5.41, 5.74) is 0.759. The van der Waals surface area contributed by atoms with E-state index in [1.54, 1.807) is 6.07 Å². The fraction of sp³-hybridized carbons (Fsp3) is 0.222. The zero-order chi connectivity index (χ0) is 18.4. The van der Waals surface area contributed by atoms with Crippen molar-refractivity contribution in [3.8, 4) is 0 Å². The quantitative estimate of drug-likeness (QED) is 0.814. The fourth-order valence-corrected chi connectivity index (χ4v) is 2.32. The molecule has 0 bridgehead atoms. The molecule has 132 valence electrons. The van der Waals surface area contributed by atoms with Gasteiger partial charge < -0.3 is 10.1 Å². The van der Waals surface area contributed by atoms with Crippen molar-refractivity contribution in [2.24, 2.45) is 0 Å². The van der Waals surface area contributed by atoms with E-state index in [0.717, 1.165) is 12.1 Å². The summed E-state index contributed by atoms with van der Waals surface area (Å²) in [6.07, 6.45) is -0.207. The second-order valence-corrected chi connectivity index (χ2v) is 5.40. The number of halogens is 3. The van der Waals surface area contributed by atoms with Gasteiger partial charge in [0.2, 0.25) is 5.91 Å². The topological polar surface area (TPSA) is 55.4 Å². The molecule has 7 heteroatoms. The second-order valence-electron chi connectivity index (χ2n) is 5.40. The maximum Gasteiger partial charge on any atom is 0.328 e. The number of hydrogen-bond acceptors (Lipinski definition) is 3. The molecular formula is C18H16F3NO3. The lowest BCUT2D eigenvalue weighted by Crippen LogP contribution is -2.43. The Morgan fingerprint density at radius 3 is 2.44 bits per heavy atom. The fourth-order valence-electron chi connectivity index (χ4n) is 2.32. The van der Waals surface area contributed by atoms with Crippen LogP contribution in [0.4, 0.5) is 13.2 Å². The Bertz CT molecular complexity index is 780. The van der Waals surface area contributed by atoms with Gasteiger partial charge in [-0.05, 0) is 35.4 Å². The summed E-state index contributed by atoms with van der Waals surface area (Å²) >= 11 is 0. The summed E-state index contributed by atoms with van der Waals surface area (Å²) in [6.45, 7) is 0. The number of nitrogens with one attached hydrogen (secondary N) is 1. The third-order valence-corrected chi connectivity index (χ3v) is 3.50. The zero-order valence-corrected chi connectivity index (χ0v) is 13.4. The SMILES string of the molecule is COC(=O)[C@@H](Cc1cccc(F)c1)NC(=O)Cc1ccc(F)c(F)c1. The Hall–Kier alpha value is -2.83. The number of amides is 1. The van der Waals surface area contributed by atoms with Gasteiger partial charge in [0.15, 0.2) is 11.6 Å². The normalized spacial score (nSPS) is 11.7.